The van der Waals surface area contributed by atoms with Crippen LogP contribution < -0.4 is 10.6 Å². The lowest BCUT2D eigenvalue weighted by molar-refractivity contribution is -0.113. The zero-order valence-electron chi connectivity index (χ0n) is 16.6. The lowest BCUT2D eigenvalue weighted by Crippen LogP contribution is -2.25. The SMILES string of the molecule is C=CCn1c(CNC(=O)c2ccc(Cl)cc2Cl)nnc1SCC(=O)Nc1ccccc1F. The summed E-state index contributed by atoms with van der Waals surface area (Å²) in [4.78, 5) is 24.6. The number of carbonyl (C=O) groups excluding carboxylic acids is 2. The number of halogens is 3. The number of rotatable bonds is 9. The van der Waals surface area contributed by atoms with Crippen LogP contribution in [-0.4, -0.2) is 32.3 Å². The van der Waals surface area contributed by atoms with Gasteiger partial charge in [-0.05, 0) is 30.3 Å². The van der Waals surface area contributed by atoms with E-state index >= 15 is 0 Å². The fourth-order valence-electron chi connectivity index (χ4n) is 2.68. The third-order valence-electron chi connectivity index (χ3n) is 4.17. The summed E-state index contributed by atoms with van der Waals surface area (Å²) >= 11 is 13.1. The molecule has 3 aromatic rings. The number of aromatic nitrogens is 3. The van der Waals surface area contributed by atoms with Crippen LogP contribution in [0.15, 0.2) is 60.3 Å². The second kappa shape index (κ2) is 11.1. The van der Waals surface area contributed by atoms with Crippen molar-refractivity contribution in [2.45, 2.75) is 18.2 Å². The van der Waals surface area contributed by atoms with Crippen molar-refractivity contribution < 1.29 is 14.0 Å². The summed E-state index contributed by atoms with van der Waals surface area (Å²) in [5, 5.41) is 14.6. The van der Waals surface area contributed by atoms with E-state index in [0.29, 0.717) is 22.5 Å². The third kappa shape index (κ3) is 6.09. The number of hydrogen-bond acceptors (Lipinski definition) is 5. The summed E-state index contributed by atoms with van der Waals surface area (Å²) in [7, 11) is 0. The zero-order valence-corrected chi connectivity index (χ0v) is 19.0. The summed E-state index contributed by atoms with van der Waals surface area (Å²) in [6.07, 6.45) is 1.65. The van der Waals surface area contributed by atoms with Crippen molar-refractivity contribution in [1.29, 1.82) is 0 Å². The predicted molar refractivity (Wildman–Crippen MR) is 124 cm³/mol. The van der Waals surface area contributed by atoms with Crippen LogP contribution in [0.4, 0.5) is 10.1 Å². The van der Waals surface area contributed by atoms with Gasteiger partial charge in [0.15, 0.2) is 11.0 Å². The van der Waals surface area contributed by atoms with E-state index in [1.807, 2.05) is 0 Å². The number of para-hydroxylation sites is 1. The van der Waals surface area contributed by atoms with Crippen LogP contribution in [0.25, 0.3) is 0 Å². The Kier molecular flexibility index (Phi) is 8.26. The van der Waals surface area contributed by atoms with E-state index in [1.165, 1.54) is 24.3 Å². The number of hydrogen-bond donors (Lipinski definition) is 2. The van der Waals surface area contributed by atoms with Gasteiger partial charge in [0.25, 0.3) is 5.91 Å². The monoisotopic (exact) mass is 493 g/mol. The summed E-state index contributed by atoms with van der Waals surface area (Å²) < 4.78 is 15.4. The van der Waals surface area contributed by atoms with Crippen LogP contribution in [0.3, 0.4) is 0 Å². The van der Waals surface area contributed by atoms with E-state index in [-0.39, 0.29) is 34.5 Å². The maximum Gasteiger partial charge on any atom is 0.253 e. The third-order valence-corrected chi connectivity index (χ3v) is 5.68. The van der Waals surface area contributed by atoms with Crippen molar-refractivity contribution >= 4 is 52.5 Å². The molecule has 0 spiro atoms. The maximum atomic E-state index is 13.7. The minimum absolute atomic E-state index is 0.00362. The molecule has 0 fully saturated rings. The highest BCUT2D eigenvalue weighted by Gasteiger charge is 2.16. The largest absolute Gasteiger partial charge is 0.345 e. The normalized spacial score (nSPS) is 10.6. The molecule has 11 heteroatoms. The van der Waals surface area contributed by atoms with E-state index in [1.54, 1.807) is 28.8 Å². The van der Waals surface area contributed by atoms with Gasteiger partial charge in [0.2, 0.25) is 5.91 Å². The fourth-order valence-corrected chi connectivity index (χ4v) is 3.94. The molecule has 0 bridgehead atoms. The van der Waals surface area contributed by atoms with Crippen LogP contribution in [-0.2, 0) is 17.9 Å². The molecule has 0 saturated carbocycles. The van der Waals surface area contributed by atoms with Crippen LogP contribution >= 0.6 is 35.0 Å². The zero-order chi connectivity index (χ0) is 23.1. The number of anilines is 1. The molecule has 2 N–H and O–H groups in total. The molecule has 0 atom stereocenters. The molecule has 7 nitrogen and oxygen atoms in total. The van der Waals surface area contributed by atoms with E-state index in [2.05, 4.69) is 27.4 Å². The smallest absolute Gasteiger partial charge is 0.253 e. The summed E-state index contributed by atoms with van der Waals surface area (Å²) in [5.74, 6) is -0.824. The number of nitrogens with zero attached hydrogens (tertiary/aromatic N) is 3. The van der Waals surface area contributed by atoms with Crippen molar-refractivity contribution in [3.8, 4) is 0 Å². The molecule has 0 aliphatic rings. The first-order valence-electron chi connectivity index (χ1n) is 9.32. The molecule has 0 radical (unpaired) electrons. The summed E-state index contributed by atoms with van der Waals surface area (Å²) in [5.41, 5.74) is 0.389. The van der Waals surface area contributed by atoms with E-state index in [0.717, 1.165) is 11.8 Å². The molecule has 32 heavy (non-hydrogen) atoms. The lowest BCUT2D eigenvalue weighted by Gasteiger charge is -2.10. The molecule has 166 valence electrons. The average molecular weight is 494 g/mol. The van der Waals surface area contributed by atoms with E-state index in [9.17, 15) is 14.0 Å². The maximum absolute atomic E-state index is 13.7. The predicted octanol–water partition coefficient (Wildman–Crippen LogP) is 4.57. The Morgan fingerprint density at radius 1 is 1.19 bits per heavy atom. The Hall–Kier alpha value is -2.88. The van der Waals surface area contributed by atoms with Gasteiger partial charge >= 0.3 is 0 Å². The van der Waals surface area contributed by atoms with E-state index < -0.39 is 11.7 Å². The van der Waals surface area contributed by atoms with Crippen molar-refractivity contribution in [3.63, 3.8) is 0 Å². The Bertz CT molecular complexity index is 1150. The summed E-state index contributed by atoms with van der Waals surface area (Å²) in [6.45, 7) is 4.17. The second-order valence-electron chi connectivity index (χ2n) is 6.42. The van der Waals surface area contributed by atoms with Crippen molar-refractivity contribution in [1.82, 2.24) is 20.1 Å². The van der Waals surface area contributed by atoms with Crippen molar-refractivity contribution in [2.24, 2.45) is 0 Å². The highest BCUT2D eigenvalue weighted by molar-refractivity contribution is 7.99. The van der Waals surface area contributed by atoms with Crippen LogP contribution in [0.1, 0.15) is 16.2 Å². The van der Waals surface area contributed by atoms with E-state index in [4.69, 9.17) is 23.2 Å². The molecule has 3 rings (SSSR count). The van der Waals surface area contributed by atoms with Gasteiger partial charge < -0.3 is 15.2 Å². The molecule has 2 aromatic carbocycles. The molecular formula is C21H18Cl2FN5O2S. The van der Waals surface area contributed by atoms with Gasteiger partial charge in [-0.3, -0.25) is 9.59 Å². The quantitative estimate of drug-likeness (QED) is 0.336. The summed E-state index contributed by atoms with van der Waals surface area (Å²) in [6, 6.07) is 10.5. The molecular weight excluding hydrogens is 476 g/mol. The van der Waals surface area contributed by atoms with Crippen LogP contribution in [0, 0.1) is 5.82 Å². The molecule has 0 unspecified atom stereocenters. The van der Waals surface area contributed by atoms with Gasteiger partial charge in [0, 0.05) is 11.6 Å². The van der Waals surface area contributed by atoms with Gasteiger partial charge in [-0.25, -0.2) is 4.39 Å². The minimum Gasteiger partial charge on any atom is -0.345 e. The minimum atomic E-state index is -0.514. The Morgan fingerprint density at radius 3 is 2.69 bits per heavy atom. The molecule has 1 heterocycles. The number of carbonyl (C=O) groups is 2. The fraction of sp³-hybridized carbons (Fsp3) is 0.143. The number of benzene rings is 2. The average Bonchev–Trinajstić information content (AvgIpc) is 3.14. The second-order valence-corrected chi connectivity index (χ2v) is 8.21. The Labute approximate surface area is 198 Å². The standard InChI is InChI=1S/C21H18Cl2FN5O2S/c1-2-9-29-18(11-25-20(31)14-8-7-13(22)10-15(14)23)27-28-21(29)32-12-19(30)26-17-6-4-3-5-16(17)24/h2-8,10H,1,9,11-12H2,(H,25,31)(H,26,30). The number of amides is 2. The Balaban J connectivity index is 1.63. The topological polar surface area (TPSA) is 88.9 Å². The first-order chi connectivity index (χ1) is 15.4. The van der Waals surface area contributed by atoms with Gasteiger partial charge in [0.1, 0.15) is 5.82 Å². The van der Waals surface area contributed by atoms with Gasteiger partial charge in [-0.15, -0.1) is 16.8 Å². The first-order valence-corrected chi connectivity index (χ1v) is 11.1. The van der Waals surface area contributed by atoms with Crippen LogP contribution in [0.5, 0.6) is 0 Å². The number of thioether (sulfide) groups is 1. The van der Waals surface area contributed by atoms with Gasteiger partial charge in [-0.1, -0.05) is 53.2 Å². The molecule has 2 amide bonds. The molecule has 0 aliphatic heterocycles. The highest BCUT2D eigenvalue weighted by Crippen LogP contribution is 2.22. The highest BCUT2D eigenvalue weighted by atomic mass is 35.5. The first kappa shape index (κ1) is 23.8. The molecule has 0 saturated heterocycles. The van der Waals surface area contributed by atoms with Crippen molar-refractivity contribution in [3.05, 3.63) is 82.4 Å². The van der Waals surface area contributed by atoms with Crippen LogP contribution in [0.2, 0.25) is 10.0 Å². The van der Waals surface area contributed by atoms with Gasteiger partial charge in [0.05, 0.1) is 28.6 Å². The molecule has 0 aliphatic carbocycles. The van der Waals surface area contributed by atoms with Crippen molar-refractivity contribution in [2.75, 3.05) is 11.1 Å². The number of nitrogens with one attached hydrogen (secondary N) is 2. The molecule has 1 aromatic heterocycles. The number of allylic oxidation sites excluding steroid dienone is 1. The Morgan fingerprint density at radius 2 is 1.97 bits per heavy atom. The van der Waals surface area contributed by atoms with Gasteiger partial charge in [-0.2, -0.15) is 0 Å². The lowest BCUT2D eigenvalue weighted by atomic mass is 10.2.